The summed E-state index contributed by atoms with van der Waals surface area (Å²) >= 11 is 28.6. The molecule has 0 aromatic heterocycles. The van der Waals surface area contributed by atoms with Crippen molar-refractivity contribution in [1.82, 2.24) is 0 Å². The number of carbonyl (C=O) groups is 3. The summed E-state index contributed by atoms with van der Waals surface area (Å²) in [5, 5.41) is -0.404. The summed E-state index contributed by atoms with van der Waals surface area (Å²) in [7, 11) is 8.49. The van der Waals surface area contributed by atoms with Gasteiger partial charge in [0, 0.05) is 79.3 Å². The molecule has 140 heavy (non-hydrogen) atoms. The average molecular weight is 2060 g/mol. The molecule has 0 N–H and O–H groups in total. The van der Waals surface area contributed by atoms with E-state index >= 15 is 0 Å². The number of halogens is 2. The predicted octanol–water partition coefficient (Wildman–Crippen LogP) is 30.6. The number of carbonyl (C=O) groups excluding carboxylic acids is 3. The van der Waals surface area contributed by atoms with Crippen LogP contribution in [0.1, 0.15) is 152 Å². The number of methoxy groups -OCH3 is 6. The molecule has 0 spiro atoms. The van der Waals surface area contributed by atoms with Crippen LogP contribution in [0.2, 0.25) is 5.02 Å². The van der Waals surface area contributed by atoms with Gasteiger partial charge >= 0.3 is 31.6 Å². The first kappa shape index (κ1) is 115. The van der Waals surface area contributed by atoms with Gasteiger partial charge in [-0.2, -0.15) is 12.6 Å². The molecule has 12 aromatic rings. The van der Waals surface area contributed by atoms with Crippen molar-refractivity contribution in [3.63, 3.8) is 0 Å². The maximum Gasteiger partial charge on any atom is 0.371 e. The van der Waals surface area contributed by atoms with E-state index in [1.807, 2.05) is 172 Å². The van der Waals surface area contributed by atoms with E-state index in [2.05, 4.69) is 130 Å². The molecule has 0 bridgehead atoms. The number of benzene rings is 12. The van der Waals surface area contributed by atoms with Crippen LogP contribution >= 0.6 is 96.2 Å². The summed E-state index contributed by atoms with van der Waals surface area (Å²) < 4.78 is 101. The maximum atomic E-state index is 14.1. The summed E-state index contributed by atoms with van der Waals surface area (Å²) in [6.07, 6.45) is 0. The molecule has 0 saturated carbocycles. The minimum atomic E-state index is -0.414. The van der Waals surface area contributed by atoms with Gasteiger partial charge in [0.2, 0.25) is 0 Å². The molecule has 0 heterocycles. The molecule has 0 atom stereocenters. The molecule has 0 aliphatic heterocycles. The molecule has 0 amide bonds. The monoisotopic (exact) mass is 2050 g/mol. The van der Waals surface area contributed by atoms with Crippen molar-refractivity contribution in [1.29, 1.82) is 0 Å². The van der Waals surface area contributed by atoms with Gasteiger partial charge in [0.05, 0.1) is 65.4 Å². The molecule has 744 valence electrons. The SMILES string of the molecule is CCOc1cccc(SC(=O)OC)c1COc1cc(C)c(C)cc1C.COC(=O)Sc1cccc(C)c1COc1cc(C)c(C)cc1C.COC(=O)Sc1cccc(CS)c1COc1cc(C)c(C)cc1C.COC(=S)Oc1cccc(Cl)c1COc1cc(C)c(C)cc1C.COC(=S)Oc1cccc(F)c1COc1cc(C)c(C)cc1C.COC(=S)Oc1ccccc1COc1cc(C)c(C)cc1C. The molecule has 0 aliphatic rings. The van der Waals surface area contributed by atoms with E-state index in [0.29, 0.717) is 66.6 Å². The quantitative estimate of drug-likeness (QED) is 0.0167. The van der Waals surface area contributed by atoms with Gasteiger partial charge < -0.3 is 75.8 Å². The van der Waals surface area contributed by atoms with Gasteiger partial charge in [-0.1, -0.05) is 109 Å². The van der Waals surface area contributed by atoms with Gasteiger partial charge in [-0.15, -0.1) is 0 Å². The summed E-state index contributed by atoms with van der Waals surface area (Å²) in [6, 6.07) is 59.7. The number of ether oxygens (including phenoxy) is 16. The van der Waals surface area contributed by atoms with Crippen molar-refractivity contribution >= 4 is 128 Å². The van der Waals surface area contributed by atoms with Crippen LogP contribution < -0.4 is 47.4 Å². The fourth-order valence-electron chi connectivity index (χ4n) is 13.6. The first-order chi connectivity index (χ1) is 66.7. The lowest BCUT2D eigenvalue weighted by molar-refractivity contribution is 0.199. The molecule has 12 rings (SSSR count). The minimum Gasteiger partial charge on any atom is -0.493 e. The fraction of sp³-hybridized carbons (Fsp3) is 0.304. The van der Waals surface area contributed by atoms with Crippen molar-refractivity contribution in [3.8, 4) is 57.5 Å². The van der Waals surface area contributed by atoms with Gasteiger partial charge in [-0.05, 0) is 376 Å². The van der Waals surface area contributed by atoms with Crippen molar-refractivity contribution in [2.45, 2.75) is 199 Å². The second-order valence-electron chi connectivity index (χ2n) is 32.6. The van der Waals surface area contributed by atoms with E-state index < -0.39 is 5.82 Å². The van der Waals surface area contributed by atoms with Crippen LogP contribution in [0.15, 0.2) is 203 Å². The van der Waals surface area contributed by atoms with Crippen molar-refractivity contribution in [2.24, 2.45) is 0 Å². The third kappa shape index (κ3) is 35.5. The zero-order chi connectivity index (χ0) is 103. The second-order valence-corrected chi connectivity index (χ2v) is 37.2. The van der Waals surface area contributed by atoms with Gasteiger partial charge in [-0.3, -0.25) is 0 Å². The lowest BCUT2D eigenvalue weighted by atomic mass is 10.1. The topological polar surface area (TPSA) is 199 Å². The number of thioether (sulfide) groups is 3. The Balaban J connectivity index is 0.000000228. The van der Waals surface area contributed by atoms with E-state index in [1.165, 1.54) is 110 Å². The van der Waals surface area contributed by atoms with Crippen LogP contribution in [0.3, 0.4) is 0 Å². The molecular weight excluding hydrogens is 1930 g/mol. The Labute approximate surface area is 864 Å². The average Bonchev–Trinajstić information content (AvgIpc) is 0.837. The lowest BCUT2D eigenvalue weighted by Gasteiger charge is -2.16. The lowest BCUT2D eigenvalue weighted by Crippen LogP contribution is -2.10. The van der Waals surface area contributed by atoms with E-state index in [1.54, 1.807) is 30.3 Å². The summed E-state index contributed by atoms with van der Waals surface area (Å²) in [6.45, 7) is 43.3. The van der Waals surface area contributed by atoms with Crippen LogP contribution in [0, 0.1) is 137 Å². The third-order valence-corrected chi connectivity index (χ3v) is 26.7. The number of thiol groups is 1. The Morgan fingerprint density at radius 1 is 0.279 bits per heavy atom. The zero-order valence-corrected chi connectivity index (χ0v) is 91.0. The first-order valence-electron chi connectivity index (χ1n) is 44.6. The number of para-hydroxylation sites is 1. The Morgan fingerprint density at radius 2 is 0.557 bits per heavy atom. The number of thiocarbonyl (C=S) groups is 3. The maximum absolute atomic E-state index is 14.1. The molecule has 0 unspecified atom stereocenters. The van der Waals surface area contributed by atoms with E-state index in [4.69, 9.17) is 124 Å². The van der Waals surface area contributed by atoms with Crippen LogP contribution in [-0.4, -0.2) is 80.9 Å². The van der Waals surface area contributed by atoms with E-state index in [-0.39, 0.29) is 44.8 Å². The van der Waals surface area contributed by atoms with Crippen LogP contribution in [0.5, 0.6) is 57.5 Å². The Hall–Kier alpha value is -11.7. The summed E-state index contributed by atoms with van der Waals surface area (Å²) in [5.41, 5.74) is 28.0. The highest BCUT2D eigenvalue weighted by molar-refractivity contribution is 8.13. The van der Waals surface area contributed by atoms with Crippen molar-refractivity contribution in [2.75, 3.05) is 49.3 Å². The predicted molar refractivity (Wildman–Crippen MR) is 578 cm³/mol. The summed E-state index contributed by atoms with van der Waals surface area (Å²) in [5.74, 6) is 7.37. The number of hydrogen-bond donors (Lipinski definition) is 1. The van der Waals surface area contributed by atoms with Gasteiger partial charge in [0.1, 0.15) is 103 Å². The van der Waals surface area contributed by atoms with Crippen molar-refractivity contribution < 1.29 is 94.6 Å². The molecule has 0 aliphatic carbocycles. The first-order valence-corrected chi connectivity index (χ1v) is 49.3. The number of hydrogen-bond acceptors (Lipinski definition) is 26. The van der Waals surface area contributed by atoms with Gasteiger partial charge in [0.25, 0.3) is 0 Å². The second kappa shape index (κ2) is 57.9. The summed E-state index contributed by atoms with van der Waals surface area (Å²) in [4.78, 5) is 37.3. The fourth-order valence-corrected chi connectivity index (χ4v) is 16.5. The largest absolute Gasteiger partial charge is 0.493 e. The highest BCUT2D eigenvalue weighted by atomic mass is 35.5. The normalized spacial score (nSPS) is 10.4. The highest BCUT2D eigenvalue weighted by Gasteiger charge is 2.22. The zero-order valence-electron chi connectivity index (χ0n) is 84.5. The smallest absolute Gasteiger partial charge is 0.371 e. The molecule has 0 saturated heterocycles. The Morgan fingerprint density at radius 3 is 0.936 bits per heavy atom. The van der Waals surface area contributed by atoms with E-state index in [0.717, 1.165) is 168 Å². The third-order valence-electron chi connectivity index (χ3n) is 22.4. The standard InChI is InChI=1S/C20H24O4S.C19H22O3S2.C19H22O3S.C18H19ClO3S.C18H19FO3S.C18H20O3S/c1-6-23-17-8-7-9-19(25-20(21)22-5)16(17)12-24-18-11-14(3)13(2)10-15(18)4;1-12-8-14(3)17(9-13(12)2)22-10-16-15(11-23)6-5-7-18(16)24-19(20)21-4;1-12-7-6-8-18(23-19(20)21-5)16(12)11-22-17-10-14(3)13(2)9-15(17)4;2*1-11-8-13(3)17(9-12(11)2)21-10-14-15(19)6-5-7-16(14)22-18(23)20-4;1-12-9-14(3)17(10-13(12)2)20-11-15-7-5-6-8-16(15)21-18(22)19-4/h7-11H,6,12H2,1-5H3;5-9,23H,10-11H2,1-4H3;6-10H,11H2,1-5H3;2*5-9H,10H2,1-4H3;5-10H,11H2,1-4H3. The van der Waals surface area contributed by atoms with Crippen LogP contribution in [-0.2, 0) is 73.8 Å². The molecular formula is C112H126ClFO19S7. The van der Waals surface area contributed by atoms with Gasteiger partial charge in [-0.25, -0.2) is 18.8 Å². The van der Waals surface area contributed by atoms with Crippen LogP contribution in [0.25, 0.3) is 0 Å². The minimum absolute atomic E-state index is 0.0378. The number of rotatable bonds is 27. The Kier molecular flexibility index (Phi) is 47.7. The van der Waals surface area contributed by atoms with E-state index in [9.17, 15) is 18.8 Å². The van der Waals surface area contributed by atoms with Crippen molar-refractivity contribution in [3.05, 3.63) is 344 Å². The Bertz CT molecular complexity index is 6000. The molecule has 0 fully saturated rings. The van der Waals surface area contributed by atoms with Crippen LogP contribution in [0.4, 0.5) is 18.8 Å². The molecule has 19 nitrogen and oxygen atoms in total. The molecule has 0 radical (unpaired) electrons. The molecule has 28 heteroatoms. The van der Waals surface area contributed by atoms with Gasteiger partial charge in [0.15, 0.2) is 0 Å². The number of aryl methyl sites for hydroxylation is 19. The molecule has 12 aromatic carbocycles. The highest BCUT2D eigenvalue weighted by Crippen LogP contribution is 2.39.